The standard InChI is InChI=1S/C16H18FN3O3/c1-11-8-18-19-16(11)14-9-22-6-5-20(14)15(21)10-23-13-4-2-3-12(17)7-13/h2-4,7-8,14H,5-6,9-10H2,1H3,(H,18,19)/t14-/m0/s1. The molecule has 1 aliphatic rings. The van der Waals surface area contributed by atoms with Crippen molar-refractivity contribution in [2.24, 2.45) is 0 Å². The molecule has 0 spiro atoms. The van der Waals surface area contributed by atoms with Gasteiger partial charge in [-0.15, -0.1) is 0 Å². The Hall–Kier alpha value is -2.41. The highest BCUT2D eigenvalue weighted by Crippen LogP contribution is 2.25. The molecular formula is C16H18FN3O3. The van der Waals surface area contributed by atoms with E-state index in [4.69, 9.17) is 9.47 Å². The Morgan fingerprint density at radius 1 is 1.57 bits per heavy atom. The van der Waals surface area contributed by atoms with Crippen molar-refractivity contribution in [1.82, 2.24) is 15.1 Å². The Bertz CT molecular complexity index is 689. The average molecular weight is 319 g/mol. The van der Waals surface area contributed by atoms with E-state index in [1.807, 2.05) is 6.92 Å². The summed E-state index contributed by atoms with van der Waals surface area (Å²) in [5.41, 5.74) is 1.84. The van der Waals surface area contributed by atoms with Gasteiger partial charge in [-0.3, -0.25) is 9.89 Å². The highest BCUT2D eigenvalue weighted by Gasteiger charge is 2.30. The number of hydrogen-bond acceptors (Lipinski definition) is 4. The number of carbonyl (C=O) groups is 1. The number of carbonyl (C=O) groups excluding carboxylic acids is 1. The largest absolute Gasteiger partial charge is 0.484 e. The Kier molecular flexibility index (Phi) is 4.57. The van der Waals surface area contributed by atoms with Crippen LogP contribution in [-0.2, 0) is 9.53 Å². The molecule has 1 amide bonds. The van der Waals surface area contributed by atoms with Gasteiger partial charge in [0.05, 0.1) is 31.1 Å². The van der Waals surface area contributed by atoms with Crippen LogP contribution >= 0.6 is 0 Å². The molecule has 0 aliphatic carbocycles. The highest BCUT2D eigenvalue weighted by atomic mass is 19.1. The number of nitrogens with one attached hydrogen (secondary N) is 1. The Labute approximate surface area is 133 Å². The number of aryl methyl sites for hydroxylation is 1. The zero-order valence-electron chi connectivity index (χ0n) is 12.8. The van der Waals surface area contributed by atoms with Gasteiger partial charge in [-0.05, 0) is 24.6 Å². The lowest BCUT2D eigenvalue weighted by atomic mass is 10.1. The topological polar surface area (TPSA) is 67.5 Å². The number of aromatic nitrogens is 2. The lowest BCUT2D eigenvalue weighted by Gasteiger charge is -2.35. The van der Waals surface area contributed by atoms with Crippen molar-refractivity contribution >= 4 is 5.91 Å². The second-order valence-electron chi connectivity index (χ2n) is 5.39. The number of nitrogens with zero attached hydrogens (tertiary/aromatic N) is 2. The molecule has 0 saturated carbocycles. The average Bonchev–Trinajstić information content (AvgIpc) is 2.98. The summed E-state index contributed by atoms with van der Waals surface area (Å²) in [5.74, 6) is -0.232. The van der Waals surface area contributed by atoms with E-state index >= 15 is 0 Å². The van der Waals surface area contributed by atoms with Crippen LogP contribution in [0.4, 0.5) is 4.39 Å². The van der Waals surface area contributed by atoms with Gasteiger partial charge >= 0.3 is 0 Å². The third kappa shape index (κ3) is 3.50. The number of rotatable bonds is 4. The lowest BCUT2D eigenvalue weighted by molar-refractivity contribution is -0.142. The summed E-state index contributed by atoms with van der Waals surface area (Å²) in [5, 5.41) is 6.93. The molecule has 1 atom stereocenters. The maximum absolute atomic E-state index is 13.1. The van der Waals surface area contributed by atoms with E-state index in [1.54, 1.807) is 23.2 Å². The molecule has 1 aromatic heterocycles. The predicted octanol–water partition coefficient (Wildman–Crippen LogP) is 1.84. The smallest absolute Gasteiger partial charge is 0.261 e. The SMILES string of the molecule is Cc1cn[nH]c1[C@@H]1COCCN1C(=O)COc1cccc(F)c1. The van der Waals surface area contributed by atoms with Gasteiger partial charge in [-0.1, -0.05) is 6.07 Å². The maximum Gasteiger partial charge on any atom is 0.261 e. The fourth-order valence-corrected chi connectivity index (χ4v) is 2.62. The molecule has 23 heavy (non-hydrogen) atoms. The van der Waals surface area contributed by atoms with Crippen LogP contribution in [0.1, 0.15) is 17.3 Å². The first-order valence-electron chi connectivity index (χ1n) is 7.40. The van der Waals surface area contributed by atoms with Crippen molar-refractivity contribution < 1.29 is 18.7 Å². The fraction of sp³-hybridized carbons (Fsp3) is 0.375. The van der Waals surface area contributed by atoms with Crippen molar-refractivity contribution in [2.45, 2.75) is 13.0 Å². The second kappa shape index (κ2) is 6.78. The summed E-state index contributed by atoms with van der Waals surface area (Å²) in [6.07, 6.45) is 1.72. The van der Waals surface area contributed by atoms with Gasteiger partial charge in [0.2, 0.25) is 0 Å². The number of amides is 1. The molecule has 122 valence electrons. The van der Waals surface area contributed by atoms with Crippen molar-refractivity contribution in [2.75, 3.05) is 26.4 Å². The summed E-state index contributed by atoms with van der Waals surface area (Å²) < 4.78 is 24.0. The highest BCUT2D eigenvalue weighted by molar-refractivity contribution is 5.78. The van der Waals surface area contributed by atoms with Crippen LogP contribution in [-0.4, -0.2) is 47.4 Å². The molecule has 0 unspecified atom stereocenters. The van der Waals surface area contributed by atoms with Crippen molar-refractivity contribution in [1.29, 1.82) is 0 Å². The second-order valence-corrected chi connectivity index (χ2v) is 5.39. The van der Waals surface area contributed by atoms with Crippen molar-refractivity contribution in [3.8, 4) is 5.75 Å². The summed E-state index contributed by atoms with van der Waals surface area (Å²) in [4.78, 5) is 14.2. The van der Waals surface area contributed by atoms with E-state index in [-0.39, 0.29) is 18.6 Å². The summed E-state index contributed by atoms with van der Waals surface area (Å²) in [6.45, 7) is 3.16. The number of halogens is 1. The van der Waals surface area contributed by atoms with Crippen molar-refractivity contribution in [3.63, 3.8) is 0 Å². The summed E-state index contributed by atoms with van der Waals surface area (Å²) in [6, 6.07) is 5.53. The summed E-state index contributed by atoms with van der Waals surface area (Å²) >= 11 is 0. The minimum atomic E-state index is -0.396. The van der Waals surface area contributed by atoms with Crippen LogP contribution in [0, 0.1) is 12.7 Å². The van der Waals surface area contributed by atoms with Gasteiger partial charge in [0.15, 0.2) is 6.61 Å². The number of morpholine rings is 1. The van der Waals surface area contributed by atoms with E-state index in [0.29, 0.717) is 25.5 Å². The number of aromatic amines is 1. The van der Waals surface area contributed by atoms with Gasteiger partial charge in [-0.2, -0.15) is 5.10 Å². The van der Waals surface area contributed by atoms with E-state index in [9.17, 15) is 9.18 Å². The molecule has 2 aromatic rings. The fourth-order valence-electron chi connectivity index (χ4n) is 2.62. The van der Waals surface area contributed by atoms with E-state index in [2.05, 4.69) is 10.2 Å². The molecule has 6 nitrogen and oxygen atoms in total. The Morgan fingerprint density at radius 2 is 2.43 bits per heavy atom. The quantitative estimate of drug-likeness (QED) is 0.934. The van der Waals surface area contributed by atoms with Gasteiger partial charge in [0.1, 0.15) is 11.6 Å². The number of benzene rings is 1. The van der Waals surface area contributed by atoms with E-state index < -0.39 is 5.82 Å². The first-order valence-corrected chi connectivity index (χ1v) is 7.40. The van der Waals surface area contributed by atoms with E-state index in [1.165, 1.54) is 12.1 Å². The Morgan fingerprint density at radius 3 is 3.17 bits per heavy atom. The van der Waals surface area contributed by atoms with Crippen LogP contribution in [0.15, 0.2) is 30.5 Å². The van der Waals surface area contributed by atoms with Crippen LogP contribution in [0.5, 0.6) is 5.75 Å². The van der Waals surface area contributed by atoms with Crippen LogP contribution in [0.3, 0.4) is 0 Å². The molecule has 2 heterocycles. The number of H-pyrrole nitrogens is 1. The predicted molar refractivity (Wildman–Crippen MR) is 80.5 cm³/mol. The molecule has 1 aromatic carbocycles. The minimum absolute atomic E-state index is 0.146. The molecule has 1 fully saturated rings. The minimum Gasteiger partial charge on any atom is -0.484 e. The molecule has 1 aliphatic heterocycles. The van der Waals surface area contributed by atoms with Gasteiger partial charge in [0, 0.05) is 12.6 Å². The maximum atomic E-state index is 13.1. The molecule has 3 rings (SSSR count). The molecular weight excluding hydrogens is 301 g/mol. The Balaban J connectivity index is 1.68. The molecule has 1 N–H and O–H groups in total. The van der Waals surface area contributed by atoms with Crippen molar-refractivity contribution in [3.05, 3.63) is 47.5 Å². The zero-order valence-corrected chi connectivity index (χ0v) is 12.8. The van der Waals surface area contributed by atoms with Crippen LogP contribution < -0.4 is 4.74 Å². The molecule has 7 heteroatoms. The monoisotopic (exact) mass is 319 g/mol. The normalized spacial score (nSPS) is 18.0. The third-order valence-corrected chi connectivity index (χ3v) is 3.81. The zero-order chi connectivity index (χ0) is 16.2. The molecule has 1 saturated heterocycles. The van der Waals surface area contributed by atoms with Crippen LogP contribution in [0.2, 0.25) is 0 Å². The van der Waals surface area contributed by atoms with E-state index in [0.717, 1.165) is 11.3 Å². The number of hydrogen-bond donors (Lipinski definition) is 1. The summed E-state index contributed by atoms with van der Waals surface area (Å²) in [7, 11) is 0. The molecule has 0 bridgehead atoms. The van der Waals surface area contributed by atoms with Gasteiger partial charge in [-0.25, -0.2) is 4.39 Å². The first kappa shape index (κ1) is 15.5. The molecule has 0 radical (unpaired) electrons. The third-order valence-electron chi connectivity index (χ3n) is 3.81. The first-order chi connectivity index (χ1) is 11.1. The van der Waals surface area contributed by atoms with Gasteiger partial charge < -0.3 is 14.4 Å². The van der Waals surface area contributed by atoms with Gasteiger partial charge in [0.25, 0.3) is 5.91 Å². The number of ether oxygens (including phenoxy) is 2. The van der Waals surface area contributed by atoms with Crippen LogP contribution in [0.25, 0.3) is 0 Å². The lowest BCUT2D eigenvalue weighted by Crippen LogP contribution is -2.45.